The topological polar surface area (TPSA) is 66.5 Å². The highest BCUT2D eigenvalue weighted by atomic mass is 32.2. The lowest BCUT2D eigenvalue weighted by Gasteiger charge is -2.27. The van der Waals surface area contributed by atoms with E-state index >= 15 is 0 Å². The van der Waals surface area contributed by atoms with Gasteiger partial charge < -0.3 is 5.32 Å². The number of nitrogens with one attached hydrogen (secondary N) is 1. The first-order chi connectivity index (χ1) is 13.4. The molecule has 3 atom stereocenters. The quantitative estimate of drug-likeness (QED) is 0.809. The van der Waals surface area contributed by atoms with Crippen molar-refractivity contribution in [3.63, 3.8) is 0 Å². The third kappa shape index (κ3) is 3.92. The van der Waals surface area contributed by atoms with Crippen LogP contribution in [0.3, 0.4) is 0 Å². The molecule has 0 radical (unpaired) electrons. The molecule has 0 saturated heterocycles. The van der Waals surface area contributed by atoms with Crippen molar-refractivity contribution in [2.24, 2.45) is 11.8 Å². The van der Waals surface area contributed by atoms with E-state index in [9.17, 15) is 13.2 Å². The summed E-state index contributed by atoms with van der Waals surface area (Å²) in [5.74, 6) is 1.11. The smallest absolute Gasteiger partial charge is 0.253 e. The standard InChI is InChI=1S/C22H26N2O3S/c1-28(26,27)24(15-16-7-3-2-4-8-16)21-10-6-5-9-19(21)22(25)23-20-14-17-11-12-18(20)13-17/h2-10,17-18,20H,11-15H2,1H3,(H,23,25)/t17-,18-,20-/m1/s1. The number of nitrogens with zero attached hydrogens (tertiary/aromatic N) is 1. The van der Waals surface area contributed by atoms with Crippen LogP contribution in [0.15, 0.2) is 54.6 Å². The molecule has 148 valence electrons. The fourth-order valence-corrected chi connectivity index (χ4v) is 5.58. The Morgan fingerprint density at radius 1 is 1.04 bits per heavy atom. The van der Waals surface area contributed by atoms with E-state index in [-0.39, 0.29) is 18.5 Å². The van der Waals surface area contributed by atoms with Crippen LogP contribution in [0.2, 0.25) is 0 Å². The molecule has 1 N–H and O–H groups in total. The number of anilines is 1. The maximum absolute atomic E-state index is 13.0. The molecule has 2 aromatic rings. The van der Waals surface area contributed by atoms with Gasteiger partial charge in [-0.15, -0.1) is 0 Å². The van der Waals surface area contributed by atoms with Crippen molar-refractivity contribution >= 4 is 21.6 Å². The number of carbonyl (C=O) groups is 1. The minimum atomic E-state index is -3.55. The number of hydrogen-bond acceptors (Lipinski definition) is 3. The fourth-order valence-electron chi connectivity index (χ4n) is 4.68. The molecule has 28 heavy (non-hydrogen) atoms. The molecule has 0 heterocycles. The second-order valence-electron chi connectivity index (χ2n) is 8.03. The van der Waals surface area contributed by atoms with Gasteiger partial charge >= 0.3 is 0 Å². The van der Waals surface area contributed by atoms with Crippen LogP contribution in [0.1, 0.15) is 41.6 Å². The number of para-hydroxylation sites is 1. The second kappa shape index (κ2) is 7.59. The van der Waals surface area contributed by atoms with Crippen molar-refractivity contribution in [3.8, 4) is 0 Å². The average Bonchev–Trinajstić information content (AvgIpc) is 3.29. The van der Waals surface area contributed by atoms with Crippen molar-refractivity contribution in [2.75, 3.05) is 10.6 Å². The lowest BCUT2D eigenvalue weighted by molar-refractivity contribution is 0.0923. The number of benzene rings is 2. The Labute approximate surface area is 166 Å². The summed E-state index contributed by atoms with van der Waals surface area (Å²) in [6.07, 6.45) is 5.88. The van der Waals surface area contributed by atoms with Gasteiger partial charge in [0, 0.05) is 6.04 Å². The molecule has 0 spiro atoms. The van der Waals surface area contributed by atoms with Gasteiger partial charge in [0.25, 0.3) is 5.91 Å². The van der Waals surface area contributed by atoms with Gasteiger partial charge in [0.15, 0.2) is 0 Å². The van der Waals surface area contributed by atoms with E-state index in [0.29, 0.717) is 17.2 Å². The molecular weight excluding hydrogens is 372 g/mol. The Balaban J connectivity index is 1.62. The van der Waals surface area contributed by atoms with Crippen LogP contribution < -0.4 is 9.62 Å². The molecule has 2 bridgehead atoms. The maximum atomic E-state index is 13.0. The Morgan fingerprint density at radius 2 is 1.75 bits per heavy atom. The molecule has 2 fully saturated rings. The lowest BCUT2D eigenvalue weighted by Crippen LogP contribution is -2.39. The number of rotatable bonds is 6. The molecule has 2 aromatic carbocycles. The monoisotopic (exact) mass is 398 g/mol. The third-order valence-electron chi connectivity index (χ3n) is 6.04. The number of hydrogen-bond donors (Lipinski definition) is 1. The molecular formula is C22H26N2O3S. The molecule has 5 nitrogen and oxygen atoms in total. The van der Waals surface area contributed by atoms with Gasteiger partial charge in [-0.2, -0.15) is 0 Å². The summed E-state index contributed by atoms with van der Waals surface area (Å²) >= 11 is 0. The normalized spacial score (nSPS) is 23.5. The van der Waals surface area contributed by atoms with Crippen LogP contribution in [-0.2, 0) is 16.6 Å². The first-order valence-electron chi connectivity index (χ1n) is 9.83. The predicted molar refractivity (Wildman–Crippen MR) is 111 cm³/mol. The van der Waals surface area contributed by atoms with Crippen molar-refractivity contribution < 1.29 is 13.2 Å². The van der Waals surface area contributed by atoms with Crippen molar-refractivity contribution in [1.29, 1.82) is 0 Å². The highest BCUT2D eigenvalue weighted by Crippen LogP contribution is 2.44. The van der Waals surface area contributed by atoms with Gasteiger partial charge in [0.1, 0.15) is 0 Å². The summed E-state index contributed by atoms with van der Waals surface area (Å²) in [5, 5.41) is 3.18. The van der Waals surface area contributed by atoms with Gasteiger partial charge in [0.05, 0.1) is 24.1 Å². The summed E-state index contributed by atoms with van der Waals surface area (Å²) < 4.78 is 26.4. The fraction of sp³-hybridized carbons (Fsp3) is 0.409. The average molecular weight is 399 g/mol. The van der Waals surface area contributed by atoms with Crippen LogP contribution in [0.5, 0.6) is 0 Å². The summed E-state index contributed by atoms with van der Waals surface area (Å²) in [4.78, 5) is 13.0. The van der Waals surface area contributed by atoms with E-state index in [2.05, 4.69) is 5.32 Å². The molecule has 2 aliphatic carbocycles. The highest BCUT2D eigenvalue weighted by molar-refractivity contribution is 7.92. The van der Waals surface area contributed by atoms with Crippen molar-refractivity contribution in [1.82, 2.24) is 5.32 Å². The largest absolute Gasteiger partial charge is 0.349 e. The van der Waals surface area contributed by atoms with Gasteiger partial charge in [-0.3, -0.25) is 9.10 Å². The number of carbonyl (C=O) groups excluding carboxylic acids is 1. The minimum absolute atomic E-state index is 0.185. The number of sulfonamides is 1. The third-order valence-corrected chi connectivity index (χ3v) is 7.17. The van der Waals surface area contributed by atoms with E-state index < -0.39 is 10.0 Å². The number of amides is 1. The molecule has 0 aliphatic heterocycles. The predicted octanol–water partition coefficient (Wildman–Crippen LogP) is 3.57. The van der Waals surface area contributed by atoms with Crippen LogP contribution >= 0.6 is 0 Å². The molecule has 0 aromatic heterocycles. The Kier molecular flexibility index (Phi) is 5.15. The summed E-state index contributed by atoms with van der Waals surface area (Å²) in [7, 11) is -3.55. The molecule has 4 rings (SSSR count). The maximum Gasteiger partial charge on any atom is 0.253 e. The minimum Gasteiger partial charge on any atom is -0.349 e. The van der Waals surface area contributed by atoms with Gasteiger partial charge in [-0.25, -0.2) is 8.42 Å². The van der Waals surface area contributed by atoms with Crippen LogP contribution in [0.25, 0.3) is 0 Å². The molecule has 1 amide bonds. The first kappa shape index (κ1) is 19.0. The molecule has 6 heteroatoms. The second-order valence-corrected chi connectivity index (χ2v) is 9.93. The van der Waals surface area contributed by atoms with Crippen LogP contribution in [0, 0.1) is 11.8 Å². The Bertz CT molecular complexity index is 959. The van der Waals surface area contributed by atoms with E-state index in [1.54, 1.807) is 24.3 Å². The first-order valence-corrected chi connectivity index (χ1v) is 11.7. The molecule has 2 saturated carbocycles. The van der Waals surface area contributed by atoms with Crippen molar-refractivity contribution in [3.05, 3.63) is 65.7 Å². The Morgan fingerprint density at radius 3 is 2.39 bits per heavy atom. The molecule has 0 unspecified atom stereocenters. The van der Waals surface area contributed by atoms with E-state index in [0.717, 1.165) is 17.9 Å². The highest BCUT2D eigenvalue weighted by Gasteiger charge is 2.40. The van der Waals surface area contributed by atoms with Gasteiger partial charge in [-0.05, 0) is 48.8 Å². The van der Waals surface area contributed by atoms with Gasteiger partial charge in [0.2, 0.25) is 10.0 Å². The zero-order valence-corrected chi connectivity index (χ0v) is 16.9. The zero-order chi connectivity index (χ0) is 19.7. The van der Waals surface area contributed by atoms with Crippen LogP contribution in [0.4, 0.5) is 5.69 Å². The Hall–Kier alpha value is -2.34. The lowest BCUT2D eigenvalue weighted by atomic mass is 9.95. The molecule has 2 aliphatic rings. The van der Waals surface area contributed by atoms with E-state index in [1.807, 2.05) is 30.3 Å². The SMILES string of the molecule is CS(=O)(=O)N(Cc1ccccc1)c1ccccc1C(=O)N[C@@H]1C[C@@H]2CC[C@@H]1C2. The van der Waals surface area contributed by atoms with Crippen molar-refractivity contribution in [2.45, 2.75) is 38.3 Å². The van der Waals surface area contributed by atoms with E-state index in [1.165, 1.54) is 29.8 Å². The summed E-state index contributed by atoms with van der Waals surface area (Å²) in [5.41, 5.74) is 1.71. The zero-order valence-electron chi connectivity index (χ0n) is 16.0. The summed E-state index contributed by atoms with van der Waals surface area (Å²) in [6, 6.07) is 16.6. The van der Waals surface area contributed by atoms with Crippen LogP contribution in [-0.4, -0.2) is 26.6 Å². The summed E-state index contributed by atoms with van der Waals surface area (Å²) in [6.45, 7) is 0.193. The van der Waals surface area contributed by atoms with Gasteiger partial charge in [-0.1, -0.05) is 48.9 Å². The number of fused-ring (bicyclic) bond motifs is 2. The van der Waals surface area contributed by atoms with E-state index in [4.69, 9.17) is 0 Å².